The number of anilines is 1. The third-order valence-corrected chi connectivity index (χ3v) is 4.96. The Balaban J connectivity index is 1.74. The molecule has 2 heterocycles. The minimum Gasteiger partial charge on any atom is -0.385 e. The first-order valence-corrected chi connectivity index (χ1v) is 8.67. The van der Waals surface area contributed by atoms with Gasteiger partial charge in [0.1, 0.15) is 0 Å². The molecule has 1 aliphatic rings. The zero-order valence-electron chi connectivity index (χ0n) is 13.7. The Morgan fingerprint density at radius 3 is 2.77 bits per heavy atom. The second-order valence-corrected chi connectivity index (χ2v) is 6.44. The molecule has 1 aromatic heterocycles. The molecule has 0 saturated carbocycles. The minimum atomic E-state index is -0.0808. The molecule has 2 rings (SSSR count). The number of methoxy groups -OCH3 is 1. The fourth-order valence-electron chi connectivity index (χ4n) is 2.53. The van der Waals surface area contributed by atoms with E-state index in [0.29, 0.717) is 13.2 Å². The van der Waals surface area contributed by atoms with E-state index in [9.17, 15) is 4.79 Å². The monoisotopic (exact) mass is 326 g/mol. The number of ether oxygens (including phenoxy) is 1. The van der Waals surface area contributed by atoms with E-state index in [-0.39, 0.29) is 11.9 Å². The highest BCUT2D eigenvalue weighted by Crippen LogP contribution is 2.21. The highest BCUT2D eigenvalue weighted by Gasteiger charge is 2.26. The molecule has 1 saturated heterocycles. The van der Waals surface area contributed by atoms with Gasteiger partial charge in [-0.2, -0.15) is 0 Å². The summed E-state index contributed by atoms with van der Waals surface area (Å²) in [5.41, 5.74) is 1.08. The van der Waals surface area contributed by atoms with Crippen LogP contribution < -0.4 is 10.2 Å². The van der Waals surface area contributed by atoms with Gasteiger partial charge in [-0.05, 0) is 20.3 Å². The van der Waals surface area contributed by atoms with Crippen LogP contribution in [0.25, 0.3) is 0 Å². The van der Waals surface area contributed by atoms with Crippen LogP contribution in [0, 0.1) is 6.92 Å². The first kappa shape index (κ1) is 17.2. The third-order valence-electron chi connectivity index (χ3n) is 3.94. The van der Waals surface area contributed by atoms with Crippen LogP contribution in [0.2, 0.25) is 0 Å². The molecule has 1 aliphatic heterocycles. The lowest BCUT2D eigenvalue weighted by molar-refractivity contribution is -0.126. The summed E-state index contributed by atoms with van der Waals surface area (Å²) in [4.78, 5) is 21.2. The number of piperazine rings is 1. The van der Waals surface area contributed by atoms with Gasteiger partial charge in [-0.3, -0.25) is 9.69 Å². The Morgan fingerprint density at radius 1 is 1.45 bits per heavy atom. The number of thiazole rings is 1. The van der Waals surface area contributed by atoms with Crippen molar-refractivity contribution in [2.24, 2.45) is 0 Å². The molecule has 1 aromatic rings. The van der Waals surface area contributed by atoms with Gasteiger partial charge in [-0.1, -0.05) is 0 Å². The second-order valence-electron chi connectivity index (χ2n) is 5.61. The number of carbonyl (C=O) groups excluding carboxylic acids is 1. The molecule has 0 aromatic carbocycles. The van der Waals surface area contributed by atoms with Gasteiger partial charge in [-0.25, -0.2) is 4.98 Å². The molecule has 0 radical (unpaired) electrons. The maximum absolute atomic E-state index is 12.1. The molecule has 0 bridgehead atoms. The van der Waals surface area contributed by atoms with Crippen LogP contribution in [0.15, 0.2) is 5.38 Å². The van der Waals surface area contributed by atoms with Crippen LogP contribution in [0.3, 0.4) is 0 Å². The van der Waals surface area contributed by atoms with Crippen molar-refractivity contribution in [3.05, 3.63) is 11.1 Å². The van der Waals surface area contributed by atoms with E-state index < -0.39 is 0 Å². The molecule has 1 N–H and O–H groups in total. The molecule has 1 atom stereocenters. The normalized spacial score (nSPS) is 17.5. The number of rotatable bonds is 7. The van der Waals surface area contributed by atoms with Gasteiger partial charge in [0.05, 0.1) is 11.7 Å². The van der Waals surface area contributed by atoms with E-state index in [1.165, 1.54) is 0 Å². The number of nitrogens with zero attached hydrogens (tertiary/aromatic N) is 3. The van der Waals surface area contributed by atoms with Crippen molar-refractivity contribution in [3.63, 3.8) is 0 Å². The van der Waals surface area contributed by atoms with Gasteiger partial charge >= 0.3 is 0 Å². The van der Waals surface area contributed by atoms with E-state index in [0.717, 1.165) is 43.4 Å². The van der Waals surface area contributed by atoms with Gasteiger partial charge in [0.2, 0.25) is 5.91 Å². The van der Waals surface area contributed by atoms with Crippen LogP contribution in [0.4, 0.5) is 5.13 Å². The zero-order chi connectivity index (χ0) is 15.9. The number of aromatic nitrogens is 1. The van der Waals surface area contributed by atoms with Gasteiger partial charge in [0.25, 0.3) is 0 Å². The van der Waals surface area contributed by atoms with Gasteiger partial charge < -0.3 is 15.0 Å². The Bertz CT molecular complexity index is 472. The Labute approximate surface area is 136 Å². The summed E-state index contributed by atoms with van der Waals surface area (Å²) in [7, 11) is 1.67. The smallest absolute Gasteiger partial charge is 0.237 e. The maximum atomic E-state index is 12.1. The lowest BCUT2D eigenvalue weighted by Crippen LogP contribution is -2.54. The van der Waals surface area contributed by atoms with Crippen molar-refractivity contribution in [2.75, 3.05) is 51.3 Å². The fourth-order valence-corrected chi connectivity index (χ4v) is 3.39. The van der Waals surface area contributed by atoms with E-state index in [1.807, 2.05) is 13.8 Å². The van der Waals surface area contributed by atoms with Gasteiger partial charge in [-0.15, -0.1) is 11.3 Å². The summed E-state index contributed by atoms with van der Waals surface area (Å²) in [5, 5.41) is 6.15. The minimum absolute atomic E-state index is 0.0808. The fraction of sp³-hybridized carbons (Fsp3) is 0.733. The van der Waals surface area contributed by atoms with Crippen molar-refractivity contribution in [1.29, 1.82) is 0 Å². The van der Waals surface area contributed by atoms with Crippen molar-refractivity contribution in [2.45, 2.75) is 26.3 Å². The summed E-state index contributed by atoms with van der Waals surface area (Å²) in [6.07, 6.45) is 0.853. The number of aryl methyl sites for hydroxylation is 1. The van der Waals surface area contributed by atoms with Crippen molar-refractivity contribution >= 4 is 22.4 Å². The van der Waals surface area contributed by atoms with Crippen LogP contribution in [-0.2, 0) is 9.53 Å². The van der Waals surface area contributed by atoms with E-state index in [4.69, 9.17) is 4.74 Å². The van der Waals surface area contributed by atoms with Crippen LogP contribution >= 0.6 is 11.3 Å². The molecule has 1 unspecified atom stereocenters. The Morgan fingerprint density at radius 2 is 2.18 bits per heavy atom. The number of hydrogen-bond acceptors (Lipinski definition) is 6. The predicted octanol–water partition coefficient (Wildman–Crippen LogP) is 1.11. The van der Waals surface area contributed by atoms with Gasteiger partial charge in [0, 0.05) is 51.8 Å². The lowest BCUT2D eigenvalue weighted by atomic mass is 10.2. The molecule has 0 spiro atoms. The first-order chi connectivity index (χ1) is 10.6. The van der Waals surface area contributed by atoms with Crippen LogP contribution in [0.5, 0.6) is 0 Å². The van der Waals surface area contributed by atoms with E-state index in [2.05, 4.69) is 25.5 Å². The van der Waals surface area contributed by atoms with Crippen LogP contribution in [0.1, 0.15) is 19.0 Å². The number of amides is 1. The topological polar surface area (TPSA) is 57.7 Å². The number of nitrogens with one attached hydrogen (secondary N) is 1. The third kappa shape index (κ3) is 4.66. The molecule has 1 fully saturated rings. The van der Waals surface area contributed by atoms with Crippen molar-refractivity contribution in [1.82, 2.24) is 15.2 Å². The van der Waals surface area contributed by atoms with E-state index >= 15 is 0 Å². The highest BCUT2D eigenvalue weighted by atomic mass is 32.1. The predicted molar refractivity (Wildman–Crippen MR) is 89.6 cm³/mol. The molecule has 22 heavy (non-hydrogen) atoms. The molecule has 7 heteroatoms. The van der Waals surface area contributed by atoms with Crippen molar-refractivity contribution < 1.29 is 9.53 Å². The lowest BCUT2D eigenvalue weighted by Gasteiger charge is -2.37. The summed E-state index contributed by atoms with van der Waals surface area (Å²) in [6.45, 7) is 9.00. The SMILES string of the molecule is COCCCNC(=O)C(C)N1CCN(c2nc(C)cs2)CC1. The summed E-state index contributed by atoms with van der Waals surface area (Å²) >= 11 is 1.69. The molecule has 124 valence electrons. The standard InChI is InChI=1S/C15H26N4O2S/c1-12-11-22-15(17-12)19-8-6-18(7-9-19)13(2)14(20)16-5-4-10-21-3/h11,13H,4-10H2,1-3H3,(H,16,20). The summed E-state index contributed by atoms with van der Waals surface area (Å²) < 4.78 is 4.98. The average Bonchev–Trinajstić information content (AvgIpc) is 2.97. The number of hydrogen-bond donors (Lipinski definition) is 1. The summed E-state index contributed by atoms with van der Waals surface area (Å²) in [5.74, 6) is 0.106. The largest absolute Gasteiger partial charge is 0.385 e. The van der Waals surface area contributed by atoms with Crippen LogP contribution in [-0.4, -0.2) is 68.3 Å². The molecule has 1 amide bonds. The van der Waals surface area contributed by atoms with E-state index in [1.54, 1.807) is 18.4 Å². The highest BCUT2D eigenvalue weighted by molar-refractivity contribution is 7.13. The molecule has 6 nitrogen and oxygen atoms in total. The first-order valence-electron chi connectivity index (χ1n) is 7.79. The molecule has 0 aliphatic carbocycles. The average molecular weight is 326 g/mol. The number of carbonyl (C=O) groups is 1. The molecular formula is C15H26N4O2S. The summed E-state index contributed by atoms with van der Waals surface area (Å²) in [6, 6.07) is -0.0808. The second kappa shape index (κ2) is 8.45. The Hall–Kier alpha value is -1.18. The maximum Gasteiger partial charge on any atom is 0.237 e. The Kier molecular flexibility index (Phi) is 6.60. The van der Waals surface area contributed by atoms with Crippen molar-refractivity contribution in [3.8, 4) is 0 Å². The molecular weight excluding hydrogens is 300 g/mol. The van der Waals surface area contributed by atoms with Gasteiger partial charge in [0.15, 0.2) is 5.13 Å². The quantitative estimate of drug-likeness (QED) is 0.761. The zero-order valence-corrected chi connectivity index (χ0v) is 14.5.